The zero-order chi connectivity index (χ0) is 17.6. The summed E-state index contributed by atoms with van der Waals surface area (Å²) in [5, 5.41) is 6.09. The molecule has 0 aliphatic heterocycles. The van der Waals surface area contributed by atoms with E-state index in [-0.39, 0.29) is 12.1 Å². The number of likely N-dealkylation sites (N-methyl/N-ethyl adjacent to an activating group) is 1. The summed E-state index contributed by atoms with van der Waals surface area (Å²) in [5.74, 6) is 0. The molecule has 132 valence electrons. The standard InChI is InChI=1S/C21H27N3O/c1-24(2)15-20(18-7-4-3-5-8-18)23-21(25)22-14-16-11-12-17-9-6-10-19(17)13-16/h3-5,7-8,11-13,20H,6,9-10,14-15H2,1-2H3,(H2,22,23,25). The number of carbonyl (C=O) groups excluding carboxylic acids is 1. The third-order valence-electron chi connectivity index (χ3n) is 4.67. The molecular weight excluding hydrogens is 310 g/mol. The van der Waals surface area contributed by atoms with Crippen molar-refractivity contribution in [3.8, 4) is 0 Å². The Balaban J connectivity index is 1.58. The zero-order valence-electron chi connectivity index (χ0n) is 15.1. The van der Waals surface area contributed by atoms with Gasteiger partial charge < -0.3 is 15.5 Å². The number of fused-ring (bicyclic) bond motifs is 1. The van der Waals surface area contributed by atoms with E-state index in [4.69, 9.17) is 0 Å². The first-order chi connectivity index (χ1) is 12.1. The number of hydrogen-bond donors (Lipinski definition) is 2. The maximum atomic E-state index is 12.4. The van der Waals surface area contributed by atoms with Gasteiger partial charge in [0, 0.05) is 13.1 Å². The van der Waals surface area contributed by atoms with Crippen molar-refractivity contribution < 1.29 is 4.79 Å². The van der Waals surface area contributed by atoms with Crippen LogP contribution in [0.2, 0.25) is 0 Å². The van der Waals surface area contributed by atoms with Gasteiger partial charge in [-0.25, -0.2) is 4.79 Å². The second kappa shape index (κ2) is 8.17. The lowest BCUT2D eigenvalue weighted by Gasteiger charge is -2.23. The van der Waals surface area contributed by atoms with E-state index in [1.807, 2.05) is 32.3 Å². The normalized spacial score (nSPS) is 14.2. The molecule has 0 heterocycles. The van der Waals surface area contributed by atoms with E-state index in [0.29, 0.717) is 6.54 Å². The summed E-state index contributed by atoms with van der Waals surface area (Å²) in [7, 11) is 4.03. The van der Waals surface area contributed by atoms with Crippen molar-refractivity contribution in [1.82, 2.24) is 15.5 Å². The maximum absolute atomic E-state index is 12.4. The number of carbonyl (C=O) groups is 1. The SMILES string of the molecule is CN(C)CC(NC(=O)NCc1ccc2c(c1)CCC2)c1ccccc1. The first-order valence-electron chi connectivity index (χ1n) is 8.96. The monoisotopic (exact) mass is 337 g/mol. The van der Waals surface area contributed by atoms with Crippen LogP contribution in [-0.4, -0.2) is 31.6 Å². The Morgan fingerprint density at radius 3 is 2.60 bits per heavy atom. The van der Waals surface area contributed by atoms with Crippen LogP contribution in [0.1, 0.15) is 34.7 Å². The third kappa shape index (κ3) is 4.83. The van der Waals surface area contributed by atoms with Crippen LogP contribution in [0.15, 0.2) is 48.5 Å². The molecule has 1 aliphatic rings. The molecule has 3 rings (SSSR count). The van der Waals surface area contributed by atoms with E-state index in [1.54, 1.807) is 0 Å². The summed E-state index contributed by atoms with van der Waals surface area (Å²) in [5.41, 5.74) is 5.18. The van der Waals surface area contributed by atoms with Gasteiger partial charge in [-0.1, -0.05) is 48.5 Å². The number of nitrogens with zero attached hydrogens (tertiary/aromatic N) is 1. The van der Waals surface area contributed by atoms with Gasteiger partial charge in [-0.15, -0.1) is 0 Å². The van der Waals surface area contributed by atoms with Gasteiger partial charge in [0.1, 0.15) is 0 Å². The Kier molecular flexibility index (Phi) is 5.71. The first-order valence-corrected chi connectivity index (χ1v) is 8.96. The highest BCUT2D eigenvalue weighted by Gasteiger charge is 2.15. The van der Waals surface area contributed by atoms with Crippen LogP contribution in [-0.2, 0) is 19.4 Å². The van der Waals surface area contributed by atoms with Gasteiger partial charge in [-0.2, -0.15) is 0 Å². The van der Waals surface area contributed by atoms with E-state index in [9.17, 15) is 4.79 Å². The molecule has 1 atom stereocenters. The van der Waals surface area contributed by atoms with Gasteiger partial charge in [0.25, 0.3) is 0 Å². The van der Waals surface area contributed by atoms with Crippen molar-refractivity contribution in [2.75, 3.05) is 20.6 Å². The smallest absolute Gasteiger partial charge is 0.315 e. The molecule has 4 heteroatoms. The van der Waals surface area contributed by atoms with Crippen LogP contribution < -0.4 is 10.6 Å². The van der Waals surface area contributed by atoms with Crippen LogP contribution in [0.5, 0.6) is 0 Å². The second-order valence-corrected chi connectivity index (χ2v) is 7.01. The van der Waals surface area contributed by atoms with Crippen molar-refractivity contribution in [2.24, 2.45) is 0 Å². The summed E-state index contributed by atoms with van der Waals surface area (Å²) in [4.78, 5) is 14.5. The summed E-state index contributed by atoms with van der Waals surface area (Å²) in [6.45, 7) is 1.32. The number of amides is 2. The predicted molar refractivity (Wildman–Crippen MR) is 102 cm³/mol. The van der Waals surface area contributed by atoms with Gasteiger partial charge in [-0.3, -0.25) is 0 Å². The molecule has 25 heavy (non-hydrogen) atoms. The van der Waals surface area contributed by atoms with Gasteiger partial charge in [0.15, 0.2) is 0 Å². The van der Waals surface area contributed by atoms with Crippen molar-refractivity contribution >= 4 is 6.03 Å². The number of benzene rings is 2. The average Bonchev–Trinajstić information content (AvgIpc) is 3.07. The molecule has 1 unspecified atom stereocenters. The van der Waals surface area contributed by atoms with Gasteiger partial charge in [0.05, 0.1) is 6.04 Å². The second-order valence-electron chi connectivity index (χ2n) is 7.01. The van der Waals surface area contributed by atoms with Crippen LogP contribution in [0.4, 0.5) is 4.79 Å². The molecule has 1 aliphatic carbocycles. The van der Waals surface area contributed by atoms with E-state index in [2.05, 4.69) is 45.9 Å². The zero-order valence-corrected chi connectivity index (χ0v) is 15.1. The Bertz CT molecular complexity index is 712. The van der Waals surface area contributed by atoms with Crippen LogP contribution >= 0.6 is 0 Å². The highest BCUT2D eigenvalue weighted by Crippen LogP contribution is 2.22. The molecule has 0 saturated carbocycles. The minimum Gasteiger partial charge on any atom is -0.334 e. The third-order valence-corrected chi connectivity index (χ3v) is 4.67. The number of urea groups is 1. The lowest BCUT2D eigenvalue weighted by atomic mass is 10.1. The summed E-state index contributed by atoms with van der Waals surface area (Å²) < 4.78 is 0. The van der Waals surface area contributed by atoms with Crippen molar-refractivity contribution in [2.45, 2.75) is 31.8 Å². The van der Waals surface area contributed by atoms with Crippen LogP contribution in [0.3, 0.4) is 0 Å². The summed E-state index contributed by atoms with van der Waals surface area (Å²) in [6, 6.07) is 16.5. The van der Waals surface area contributed by atoms with Crippen LogP contribution in [0.25, 0.3) is 0 Å². The summed E-state index contributed by atoms with van der Waals surface area (Å²) >= 11 is 0. The highest BCUT2D eigenvalue weighted by molar-refractivity contribution is 5.74. The van der Waals surface area contributed by atoms with Crippen molar-refractivity contribution in [1.29, 1.82) is 0 Å². The average molecular weight is 337 g/mol. The fourth-order valence-electron chi connectivity index (χ4n) is 3.41. The maximum Gasteiger partial charge on any atom is 0.315 e. The van der Waals surface area contributed by atoms with E-state index < -0.39 is 0 Å². The molecule has 2 N–H and O–H groups in total. The molecule has 0 saturated heterocycles. The number of rotatable bonds is 6. The van der Waals surface area contributed by atoms with E-state index in [1.165, 1.54) is 29.5 Å². The van der Waals surface area contributed by atoms with Gasteiger partial charge in [0.2, 0.25) is 0 Å². The number of hydrogen-bond acceptors (Lipinski definition) is 2. The molecule has 2 aromatic rings. The van der Waals surface area contributed by atoms with Crippen molar-refractivity contribution in [3.05, 3.63) is 70.8 Å². The predicted octanol–water partition coefficient (Wildman–Crippen LogP) is 3.28. The molecule has 4 nitrogen and oxygen atoms in total. The first kappa shape index (κ1) is 17.5. The quantitative estimate of drug-likeness (QED) is 0.850. The number of nitrogens with one attached hydrogen (secondary N) is 2. The molecular formula is C21H27N3O. The molecule has 2 aromatic carbocycles. The Morgan fingerprint density at radius 2 is 1.84 bits per heavy atom. The van der Waals surface area contributed by atoms with Gasteiger partial charge >= 0.3 is 6.03 Å². The van der Waals surface area contributed by atoms with Crippen LogP contribution in [0, 0.1) is 0 Å². The Morgan fingerprint density at radius 1 is 1.08 bits per heavy atom. The molecule has 2 amide bonds. The van der Waals surface area contributed by atoms with E-state index >= 15 is 0 Å². The Hall–Kier alpha value is -2.33. The fourth-order valence-corrected chi connectivity index (χ4v) is 3.41. The lowest BCUT2D eigenvalue weighted by Crippen LogP contribution is -2.41. The largest absolute Gasteiger partial charge is 0.334 e. The molecule has 0 aromatic heterocycles. The van der Waals surface area contributed by atoms with Gasteiger partial charge in [-0.05, 0) is 55.6 Å². The highest BCUT2D eigenvalue weighted by atomic mass is 16.2. The number of aryl methyl sites for hydroxylation is 2. The Labute approximate surface area is 150 Å². The van der Waals surface area contributed by atoms with Crippen molar-refractivity contribution in [3.63, 3.8) is 0 Å². The molecule has 0 spiro atoms. The fraction of sp³-hybridized carbons (Fsp3) is 0.381. The molecule has 0 radical (unpaired) electrons. The summed E-state index contributed by atoms with van der Waals surface area (Å²) in [6.07, 6.45) is 3.59. The van der Waals surface area contributed by atoms with E-state index in [0.717, 1.165) is 18.5 Å². The molecule has 0 fully saturated rings. The lowest BCUT2D eigenvalue weighted by molar-refractivity contribution is 0.232. The molecule has 0 bridgehead atoms. The topological polar surface area (TPSA) is 44.4 Å². The minimum atomic E-state index is -0.129. The minimum absolute atomic E-state index is 0.0313.